The zero-order valence-electron chi connectivity index (χ0n) is 22.3. The van der Waals surface area contributed by atoms with Crippen molar-refractivity contribution >= 4 is 16.9 Å². The van der Waals surface area contributed by atoms with Crippen LogP contribution in [0.4, 0.5) is 0 Å². The number of imidazole rings is 2. The van der Waals surface area contributed by atoms with E-state index in [4.69, 9.17) is 4.74 Å². The van der Waals surface area contributed by atoms with E-state index < -0.39 is 0 Å². The molecule has 0 spiro atoms. The van der Waals surface area contributed by atoms with Crippen LogP contribution in [-0.4, -0.2) is 32.5 Å². The van der Waals surface area contributed by atoms with Crippen LogP contribution in [0.15, 0.2) is 30.6 Å². The third-order valence-corrected chi connectivity index (χ3v) is 11.3. The molecule has 0 saturated heterocycles. The lowest BCUT2D eigenvalue weighted by Gasteiger charge is -2.60. The number of benzene rings is 1. The minimum absolute atomic E-state index is 0.0973. The SMILES string of the molecule is COc1ccc2nc(CNC(=O)[C@H]3CC[C@H]4[C@@H]5CCC6n7ccnc7CC[C@]6(C)[C@H]5CC[C@]34C)[nH]c2c1. The molecule has 3 heterocycles. The molecule has 1 aliphatic heterocycles. The summed E-state index contributed by atoms with van der Waals surface area (Å²) in [5.74, 6) is 5.34. The molecule has 196 valence electrons. The lowest BCUT2D eigenvalue weighted by atomic mass is 9.47. The summed E-state index contributed by atoms with van der Waals surface area (Å²) in [6.07, 6.45) is 13.7. The van der Waals surface area contributed by atoms with E-state index in [2.05, 4.69) is 44.9 Å². The van der Waals surface area contributed by atoms with Crippen LogP contribution in [0.2, 0.25) is 0 Å². The predicted molar refractivity (Wildman–Crippen MR) is 142 cm³/mol. The number of aromatic amines is 1. The van der Waals surface area contributed by atoms with Gasteiger partial charge in [-0.15, -0.1) is 0 Å². The van der Waals surface area contributed by atoms with Gasteiger partial charge in [-0.05, 0) is 85.7 Å². The first kappa shape index (κ1) is 23.3. The molecule has 7 heteroatoms. The predicted octanol–water partition coefficient (Wildman–Crippen LogP) is 5.43. The Morgan fingerprint density at radius 3 is 2.86 bits per heavy atom. The number of H-pyrrole nitrogens is 1. The monoisotopic (exact) mass is 501 g/mol. The maximum atomic E-state index is 13.6. The van der Waals surface area contributed by atoms with Crippen LogP contribution < -0.4 is 10.1 Å². The largest absolute Gasteiger partial charge is 0.497 e. The Labute approximate surface area is 218 Å². The standard InChI is InChI=1S/C30H39N5O2/c1-29-12-10-21-19(5-9-25-30(21,2)13-11-27-31-14-15-35(25)27)20(29)6-7-22(29)28(36)32-17-26-33-23-8-4-18(37-3)16-24(23)34-26/h4,8,14-16,19-22,25H,5-7,9-13,17H2,1-3H3,(H,32,36)(H,33,34)/t19-,20-,21-,22+,25?,29-,30+/m0/s1. The fourth-order valence-electron chi connectivity index (χ4n) is 9.42. The van der Waals surface area contributed by atoms with Crippen molar-refractivity contribution in [3.05, 3.63) is 42.2 Å². The van der Waals surface area contributed by atoms with E-state index in [0.29, 0.717) is 23.9 Å². The van der Waals surface area contributed by atoms with Gasteiger partial charge in [0.15, 0.2) is 0 Å². The number of hydrogen-bond acceptors (Lipinski definition) is 4. The number of aryl methyl sites for hydroxylation is 1. The van der Waals surface area contributed by atoms with Crippen molar-refractivity contribution in [1.29, 1.82) is 0 Å². The van der Waals surface area contributed by atoms with E-state index in [1.807, 2.05) is 24.4 Å². The van der Waals surface area contributed by atoms with Crippen molar-refractivity contribution < 1.29 is 9.53 Å². The Hall–Kier alpha value is -2.83. The maximum absolute atomic E-state index is 13.6. The normalized spacial score (nSPS) is 36.4. The summed E-state index contributed by atoms with van der Waals surface area (Å²) in [4.78, 5) is 26.2. The van der Waals surface area contributed by atoms with Crippen molar-refractivity contribution in [2.45, 2.75) is 77.8 Å². The third-order valence-electron chi connectivity index (χ3n) is 11.3. The second-order valence-electron chi connectivity index (χ2n) is 12.7. The summed E-state index contributed by atoms with van der Waals surface area (Å²) >= 11 is 0. The van der Waals surface area contributed by atoms with Crippen molar-refractivity contribution in [3.63, 3.8) is 0 Å². The molecule has 4 aliphatic rings. The first-order valence-electron chi connectivity index (χ1n) is 14.2. The van der Waals surface area contributed by atoms with E-state index in [-0.39, 0.29) is 17.2 Å². The van der Waals surface area contributed by atoms with Crippen LogP contribution in [0.5, 0.6) is 5.75 Å². The number of amides is 1. The van der Waals surface area contributed by atoms with Crippen molar-refractivity contribution in [1.82, 2.24) is 24.8 Å². The molecule has 1 unspecified atom stereocenters. The van der Waals surface area contributed by atoms with Crippen molar-refractivity contribution in [3.8, 4) is 5.75 Å². The van der Waals surface area contributed by atoms with Gasteiger partial charge in [0.05, 0.1) is 24.7 Å². The van der Waals surface area contributed by atoms with E-state index in [1.54, 1.807) is 7.11 Å². The Balaban J connectivity index is 1.06. The minimum atomic E-state index is 0.0973. The highest BCUT2D eigenvalue weighted by Crippen LogP contribution is 2.67. The number of ether oxygens (including phenoxy) is 1. The van der Waals surface area contributed by atoms with Gasteiger partial charge in [0.25, 0.3) is 0 Å². The minimum Gasteiger partial charge on any atom is -0.497 e. The fraction of sp³-hybridized carbons (Fsp3) is 0.633. The number of nitrogens with one attached hydrogen (secondary N) is 2. The number of nitrogens with zero attached hydrogens (tertiary/aromatic N) is 3. The zero-order valence-corrected chi connectivity index (χ0v) is 22.3. The quantitative estimate of drug-likeness (QED) is 0.499. The molecule has 0 radical (unpaired) electrons. The lowest BCUT2D eigenvalue weighted by Crippen LogP contribution is -2.54. The highest BCUT2D eigenvalue weighted by atomic mass is 16.5. The average Bonchev–Trinajstić information content (AvgIpc) is 3.62. The Morgan fingerprint density at radius 2 is 2.00 bits per heavy atom. The Morgan fingerprint density at radius 1 is 1.14 bits per heavy atom. The zero-order chi connectivity index (χ0) is 25.4. The second kappa shape index (κ2) is 8.34. The molecule has 0 bridgehead atoms. The second-order valence-corrected chi connectivity index (χ2v) is 12.7. The molecular formula is C30H39N5O2. The van der Waals surface area contributed by atoms with E-state index >= 15 is 0 Å². The van der Waals surface area contributed by atoms with Gasteiger partial charge < -0.3 is 19.6 Å². The summed E-state index contributed by atoms with van der Waals surface area (Å²) in [6.45, 7) is 5.44. The Kier molecular flexibility index (Phi) is 5.25. The summed E-state index contributed by atoms with van der Waals surface area (Å²) in [5, 5.41) is 3.25. The fourth-order valence-corrected chi connectivity index (χ4v) is 9.42. The number of methoxy groups -OCH3 is 1. The smallest absolute Gasteiger partial charge is 0.224 e. The maximum Gasteiger partial charge on any atom is 0.224 e. The van der Waals surface area contributed by atoms with E-state index in [0.717, 1.165) is 47.3 Å². The first-order valence-corrected chi connectivity index (χ1v) is 14.2. The average molecular weight is 502 g/mol. The topological polar surface area (TPSA) is 84.8 Å². The van der Waals surface area contributed by atoms with Gasteiger partial charge in [-0.25, -0.2) is 9.97 Å². The molecule has 2 aromatic heterocycles. The van der Waals surface area contributed by atoms with Gasteiger partial charge in [-0.1, -0.05) is 13.8 Å². The van der Waals surface area contributed by atoms with E-state index in [1.165, 1.54) is 44.3 Å². The molecule has 3 aliphatic carbocycles. The number of hydrogen-bond donors (Lipinski definition) is 2. The van der Waals surface area contributed by atoms with E-state index in [9.17, 15) is 4.79 Å². The van der Waals surface area contributed by atoms with Gasteiger partial charge in [-0.3, -0.25) is 4.79 Å². The highest BCUT2D eigenvalue weighted by Gasteiger charge is 2.61. The Bertz CT molecular complexity index is 1340. The first-order chi connectivity index (χ1) is 17.9. The summed E-state index contributed by atoms with van der Waals surface area (Å²) in [6, 6.07) is 6.40. The summed E-state index contributed by atoms with van der Waals surface area (Å²) in [7, 11) is 1.66. The molecule has 2 N–H and O–H groups in total. The van der Waals surface area contributed by atoms with Crippen molar-refractivity contribution in [2.24, 2.45) is 34.5 Å². The molecule has 1 aromatic carbocycles. The summed E-state index contributed by atoms with van der Waals surface area (Å²) < 4.78 is 7.83. The van der Waals surface area contributed by atoms with Crippen LogP contribution in [-0.2, 0) is 17.8 Å². The molecule has 3 fully saturated rings. The third kappa shape index (κ3) is 3.41. The summed E-state index contributed by atoms with van der Waals surface area (Å²) in [5.41, 5.74) is 2.28. The van der Waals surface area contributed by atoms with Gasteiger partial charge in [0.1, 0.15) is 17.4 Å². The van der Waals surface area contributed by atoms with Gasteiger partial charge >= 0.3 is 0 Å². The molecule has 7 atom stereocenters. The highest BCUT2D eigenvalue weighted by molar-refractivity contribution is 5.80. The molecule has 3 aromatic rings. The molecule has 7 rings (SSSR count). The molecule has 1 amide bonds. The molecular weight excluding hydrogens is 462 g/mol. The molecule has 37 heavy (non-hydrogen) atoms. The van der Waals surface area contributed by atoms with Crippen LogP contribution in [0.3, 0.4) is 0 Å². The molecule has 3 saturated carbocycles. The van der Waals surface area contributed by atoms with Crippen LogP contribution in [0.1, 0.15) is 76.5 Å². The van der Waals surface area contributed by atoms with Crippen LogP contribution >= 0.6 is 0 Å². The molecule has 7 nitrogen and oxygen atoms in total. The number of rotatable bonds is 4. The van der Waals surface area contributed by atoms with Gasteiger partial charge in [0, 0.05) is 36.8 Å². The van der Waals surface area contributed by atoms with Crippen molar-refractivity contribution in [2.75, 3.05) is 7.11 Å². The number of carbonyl (C=O) groups excluding carboxylic acids is 1. The van der Waals surface area contributed by atoms with Crippen LogP contribution in [0.25, 0.3) is 11.0 Å². The number of fused-ring (bicyclic) bond motifs is 8. The van der Waals surface area contributed by atoms with Gasteiger partial charge in [0.2, 0.25) is 5.91 Å². The number of aromatic nitrogens is 4. The lowest BCUT2D eigenvalue weighted by molar-refractivity contribution is -0.135. The number of carbonyl (C=O) groups is 1. The van der Waals surface area contributed by atoms with Gasteiger partial charge in [-0.2, -0.15) is 0 Å². The van der Waals surface area contributed by atoms with Crippen LogP contribution in [0, 0.1) is 34.5 Å².